The number of carbonyl (C=O) groups is 2. The maximum absolute atomic E-state index is 11.8. The number of nitrogens with one attached hydrogen (secondary N) is 1. The van der Waals surface area contributed by atoms with E-state index in [1.807, 2.05) is 0 Å². The Kier molecular flexibility index (Phi) is 5.76. The molecule has 0 bridgehead atoms. The molecule has 2 N–H and O–H groups in total. The van der Waals surface area contributed by atoms with E-state index in [2.05, 4.69) is 5.32 Å². The molecule has 1 saturated heterocycles. The van der Waals surface area contributed by atoms with Crippen LogP contribution in [0.2, 0.25) is 0 Å². The summed E-state index contributed by atoms with van der Waals surface area (Å²) in [6.45, 7) is 1.55. The van der Waals surface area contributed by atoms with Crippen molar-refractivity contribution in [2.45, 2.75) is 31.7 Å². The van der Waals surface area contributed by atoms with Crippen LogP contribution >= 0.6 is 0 Å². The van der Waals surface area contributed by atoms with Gasteiger partial charge in [0.05, 0.1) is 13.0 Å². The Balaban J connectivity index is 2.45. The van der Waals surface area contributed by atoms with Crippen LogP contribution in [0, 0.1) is 0 Å². The minimum absolute atomic E-state index is 0.0255. The van der Waals surface area contributed by atoms with Crippen LogP contribution in [-0.4, -0.2) is 54.9 Å². The number of methoxy groups -OCH3 is 1. The maximum Gasteiger partial charge on any atom is 0.317 e. The Morgan fingerprint density at radius 3 is 2.88 bits per heavy atom. The van der Waals surface area contributed by atoms with Crippen LogP contribution in [0.15, 0.2) is 0 Å². The number of amides is 2. The highest BCUT2D eigenvalue weighted by Gasteiger charge is 2.28. The van der Waals surface area contributed by atoms with Gasteiger partial charge >= 0.3 is 12.0 Å². The van der Waals surface area contributed by atoms with Gasteiger partial charge in [-0.2, -0.15) is 0 Å². The molecule has 6 heteroatoms. The van der Waals surface area contributed by atoms with Crippen molar-refractivity contribution < 1.29 is 19.4 Å². The molecule has 1 rings (SSSR count). The molecule has 6 nitrogen and oxygen atoms in total. The lowest BCUT2D eigenvalue weighted by molar-refractivity contribution is -0.138. The summed E-state index contributed by atoms with van der Waals surface area (Å²) in [5.41, 5.74) is 0. The fourth-order valence-corrected chi connectivity index (χ4v) is 2.04. The Morgan fingerprint density at radius 1 is 1.47 bits per heavy atom. The molecular formula is C11H20N2O4. The summed E-state index contributed by atoms with van der Waals surface area (Å²) in [5.74, 6) is -0.855. The molecule has 0 saturated carbocycles. The van der Waals surface area contributed by atoms with Gasteiger partial charge in [-0.25, -0.2) is 4.79 Å². The molecule has 1 aliphatic rings. The summed E-state index contributed by atoms with van der Waals surface area (Å²) in [4.78, 5) is 24.2. The lowest BCUT2D eigenvalue weighted by Crippen LogP contribution is -2.49. The zero-order chi connectivity index (χ0) is 12.7. The predicted octanol–water partition coefficient (Wildman–Crippen LogP) is 0.672. The SMILES string of the molecule is COCCNC(=O)N1CCCCC1CC(=O)O. The van der Waals surface area contributed by atoms with E-state index < -0.39 is 5.97 Å². The average Bonchev–Trinajstić information content (AvgIpc) is 2.29. The van der Waals surface area contributed by atoms with Gasteiger partial charge in [0.15, 0.2) is 0 Å². The van der Waals surface area contributed by atoms with Crippen molar-refractivity contribution >= 4 is 12.0 Å². The van der Waals surface area contributed by atoms with Gasteiger partial charge in [0, 0.05) is 26.2 Å². The van der Waals surface area contributed by atoms with Crippen LogP contribution < -0.4 is 5.32 Å². The van der Waals surface area contributed by atoms with Gasteiger partial charge in [0.2, 0.25) is 0 Å². The van der Waals surface area contributed by atoms with E-state index in [1.54, 1.807) is 12.0 Å². The van der Waals surface area contributed by atoms with E-state index in [1.165, 1.54) is 0 Å². The van der Waals surface area contributed by atoms with Gasteiger partial charge in [0.1, 0.15) is 0 Å². The quantitative estimate of drug-likeness (QED) is 0.697. The summed E-state index contributed by atoms with van der Waals surface area (Å²) >= 11 is 0. The molecule has 0 aromatic heterocycles. The number of hydrogen-bond acceptors (Lipinski definition) is 3. The van der Waals surface area contributed by atoms with Crippen molar-refractivity contribution in [2.75, 3.05) is 26.8 Å². The van der Waals surface area contributed by atoms with Gasteiger partial charge in [-0.05, 0) is 19.3 Å². The van der Waals surface area contributed by atoms with Crippen LogP contribution in [0.4, 0.5) is 4.79 Å². The molecule has 0 aromatic carbocycles. The minimum atomic E-state index is -0.855. The molecule has 17 heavy (non-hydrogen) atoms. The molecule has 1 aliphatic heterocycles. The zero-order valence-corrected chi connectivity index (χ0v) is 10.1. The molecule has 0 radical (unpaired) electrons. The van der Waals surface area contributed by atoms with Gasteiger partial charge < -0.3 is 20.1 Å². The van der Waals surface area contributed by atoms with Crippen molar-refractivity contribution in [2.24, 2.45) is 0 Å². The highest BCUT2D eigenvalue weighted by Crippen LogP contribution is 2.19. The summed E-state index contributed by atoms with van der Waals surface area (Å²) < 4.78 is 4.84. The normalized spacial score (nSPS) is 20.1. The Hall–Kier alpha value is -1.30. The molecule has 2 amide bonds. The second kappa shape index (κ2) is 7.11. The molecule has 0 spiro atoms. The lowest BCUT2D eigenvalue weighted by Gasteiger charge is -2.34. The number of carboxylic acids is 1. The number of carbonyl (C=O) groups excluding carboxylic acids is 1. The number of likely N-dealkylation sites (tertiary alicyclic amines) is 1. The maximum atomic E-state index is 11.8. The van der Waals surface area contributed by atoms with Crippen LogP contribution in [0.1, 0.15) is 25.7 Å². The van der Waals surface area contributed by atoms with Crippen LogP contribution in [0.5, 0.6) is 0 Å². The predicted molar refractivity (Wildman–Crippen MR) is 61.9 cm³/mol. The summed E-state index contributed by atoms with van der Waals surface area (Å²) in [6, 6.07) is -0.364. The average molecular weight is 244 g/mol. The van der Waals surface area contributed by atoms with Crippen molar-refractivity contribution in [1.29, 1.82) is 0 Å². The number of aliphatic carboxylic acids is 1. The van der Waals surface area contributed by atoms with Gasteiger partial charge in [-0.3, -0.25) is 4.79 Å². The first-order valence-electron chi connectivity index (χ1n) is 5.90. The zero-order valence-electron chi connectivity index (χ0n) is 10.1. The topological polar surface area (TPSA) is 78.9 Å². The fraction of sp³-hybridized carbons (Fsp3) is 0.818. The summed E-state index contributed by atoms with van der Waals surface area (Å²) in [6.07, 6.45) is 2.72. The fourth-order valence-electron chi connectivity index (χ4n) is 2.04. The van der Waals surface area contributed by atoms with Crippen molar-refractivity contribution in [3.8, 4) is 0 Å². The summed E-state index contributed by atoms with van der Waals surface area (Å²) in [5, 5.41) is 11.5. The molecule has 1 fully saturated rings. The summed E-state index contributed by atoms with van der Waals surface area (Å²) in [7, 11) is 1.57. The third-order valence-electron chi connectivity index (χ3n) is 2.88. The van der Waals surface area contributed by atoms with Gasteiger partial charge in [-0.1, -0.05) is 0 Å². The molecule has 1 heterocycles. The third-order valence-corrected chi connectivity index (χ3v) is 2.88. The molecule has 98 valence electrons. The number of rotatable bonds is 5. The second-order valence-electron chi connectivity index (χ2n) is 4.17. The van der Waals surface area contributed by atoms with Gasteiger partial charge in [0.25, 0.3) is 0 Å². The third kappa shape index (κ3) is 4.60. The first-order chi connectivity index (χ1) is 8.15. The van der Waals surface area contributed by atoms with Crippen molar-refractivity contribution in [1.82, 2.24) is 10.2 Å². The monoisotopic (exact) mass is 244 g/mol. The number of urea groups is 1. The first-order valence-corrected chi connectivity index (χ1v) is 5.90. The largest absolute Gasteiger partial charge is 0.481 e. The number of piperidine rings is 1. The smallest absolute Gasteiger partial charge is 0.317 e. The minimum Gasteiger partial charge on any atom is -0.481 e. The Labute approximate surface area is 101 Å². The highest BCUT2D eigenvalue weighted by atomic mass is 16.5. The highest BCUT2D eigenvalue weighted by molar-refractivity contribution is 5.76. The number of nitrogens with zero attached hydrogens (tertiary/aromatic N) is 1. The molecule has 1 unspecified atom stereocenters. The van der Waals surface area contributed by atoms with E-state index in [-0.39, 0.29) is 18.5 Å². The standard InChI is InChI=1S/C11H20N2O4/c1-17-7-5-12-11(16)13-6-3-2-4-9(13)8-10(14)15/h9H,2-8H2,1H3,(H,12,16)(H,14,15). The number of carboxylic acid groups (broad SMARTS) is 1. The first kappa shape index (κ1) is 13.8. The number of hydrogen-bond donors (Lipinski definition) is 2. The van der Waals surface area contributed by atoms with E-state index in [0.717, 1.165) is 19.3 Å². The van der Waals surface area contributed by atoms with Crippen LogP contribution in [-0.2, 0) is 9.53 Å². The lowest BCUT2D eigenvalue weighted by atomic mass is 10.00. The molecule has 1 atom stereocenters. The molecule has 0 aromatic rings. The van der Waals surface area contributed by atoms with Crippen LogP contribution in [0.3, 0.4) is 0 Å². The molecule has 0 aliphatic carbocycles. The Morgan fingerprint density at radius 2 is 2.24 bits per heavy atom. The van der Waals surface area contributed by atoms with Crippen molar-refractivity contribution in [3.05, 3.63) is 0 Å². The van der Waals surface area contributed by atoms with E-state index in [9.17, 15) is 9.59 Å². The van der Waals surface area contributed by atoms with Crippen molar-refractivity contribution in [3.63, 3.8) is 0 Å². The second-order valence-corrected chi connectivity index (χ2v) is 4.17. The van der Waals surface area contributed by atoms with Gasteiger partial charge in [-0.15, -0.1) is 0 Å². The Bertz CT molecular complexity index is 270. The van der Waals surface area contributed by atoms with E-state index in [0.29, 0.717) is 19.7 Å². The number of ether oxygens (including phenoxy) is 1. The van der Waals surface area contributed by atoms with Crippen LogP contribution in [0.25, 0.3) is 0 Å². The van der Waals surface area contributed by atoms with E-state index in [4.69, 9.17) is 9.84 Å². The van der Waals surface area contributed by atoms with E-state index >= 15 is 0 Å². The molecular weight excluding hydrogens is 224 g/mol.